The molecule has 0 aliphatic carbocycles. The van der Waals surface area contributed by atoms with Crippen LogP contribution in [0.25, 0.3) is 5.65 Å². The van der Waals surface area contributed by atoms with Gasteiger partial charge in [-0.3, -0.25) is 5.43 Å². The lowest BCUT2D eigenvalue weighted by atomic mass is 10.2. The van der Waals surface area contributed by atoms with Gasteiger partial charge in [-0.25, -0.2) is 14.5 Å². The second-order valence-electron chi connectivity index (χ2n) is 4.93. The van der Waals surface area contributed by atoms with Crippen LogP contribution in [0.15, 0.2) is 18.5 Å². The molecule has 2 aromatic heterocycles. The maximum atomic E-state index is 4.41. The monoisotopic (exact) mass is 245 g/mol. The molecule has 0 amide bonds. The fourth-order valence-corrected chi connectivity index (χ4v) is 2.38. The largest absolute Gasteiger partial charge is 0.251 e. The number of hydrogen-bond donors (Lipinski definition) is 1. The maximum absolute atomic E-state index is 4.41. The average Bonchev–Trinajstić information content (AvgIpc) is 2.77. The third kappa shape index (κ3) is 2.52. The van der Waals surface area contributed by atoms with Crippen molar-refractivity contribution in [2.45, 2.75) is 32.7 Å². The summed E-state index contributed by atoms with van der Waals surface area (Å²) in [5, 5.41) is 6.69. The van der Waals surface area contributed by atoms with Crippen LogP contribution in [0.5, 0.6) is 0 Å². The van der Waals surface area contributed by atoms with Crippen LogP contribution in [-0.4, -0.2) is 32.7 Å². The van der Waals surface area contributed by atoms with Gasteiger partial charge < -0.3 is 0 Å². The summed E-state index contributed by atoms with van der Waals surface area (Å²) in [5.41, 5.74) is 6.54. The molecular formula is C13H19N5. The lowest BCUT2D eigenvalue weighted by Gasteiger charge is -2.27. The quantitative estimate of drug-likeness (QED) is 0.890. The topological polar surface area (TPSA) is 45.5 Å². The van der Waals surface area contributed by atoms with Crippen LogP contribution in [0.4, 0.5) is 0 Å². The molecule has 0 aromatic carbocycles. The molecule has 3 rings (SSSR count). The first-order valence-electron chi connectivity index (χ1n) is 6.61. The Hall–Kier alpha value is -1.46. The Bertz CT molecular complexity index is 527. The number of aromatic nitrogens is 3. The van der Waals surface area contributed by atoms with Crippen molar-refractivity contribution in [2.75, 3.05) is 13.1 Å². The van der Waals surface area contributed by atoms with Gasteiger partial charge in [0.2, 0.25) is 0 Å². The van der Waals surface area contributed by atoms with E-state index in [0.29, 0.717) is 0 Å². The summed E-state index contributed by atoms with van der Waals surface area (Å²) >= 11 is 0. The molecular weight excluding hydrogens is 226 g/mol. The van der Waals surface area contributed by atoms with Crippen LogP contribution < -0.4 is 5.43 Å². The molecule has 1 aliphatic rings. The Labute approximate surface area is 107 Å². The predicted octanol–water partition coefficient (Wildman–Crippen LogP) is 1.53. The van der Waals surface area contributed by atoms with E-state index in [4.69, 9.17) is 0 Å². The summed E-state index contributed by atoms with van der Waals surface area (Å²) in [6.07, 6.45) is 7.92. The molecule has 96 valence electrons. The van der Waals surface area contributed by atoms with Gasteiger partial charge in [-0.2, -0.15) is 5.10 Å². The van der Waals surface area contributed by atoms with E-state index < -0.39 is 0 Å². The number of hydrogen-bond acceptors (Lipinski definition) is 4. The van der Waals surface area contributed by atoms with Gasteiger partial charge in [0.15, 0.2) is 5.65 Å². The van der Waals surface area contributed by atoms with Crippen LogP contribution in [0.3, 0.4) is 0 Å². The van der Waals surface area contributed by atoms with E-state index in [1.54, 1.807) is 0 Å². The Morgan fingerprint density at radius 1 is 1.28 bits per heavy atom. The lowest BCUT2D eigenvalue weighted by Crippen LogP contribution is -2.41. The zero-order valence-electron chi connectivity index (χ0n) is 10.8. The molecule has 0 saturated carbocycles. The van der Waals surface area contributed by atoms with Gasteiger partial charge in [-0.1, -0.05) is 6.42 Å². The molecule has 0 radical (unpaired) electrons. The number of fused-ring (bicyclic) bond motifs is 1. The summed E-state index contributed by atoms with van der Waals surface area (Å²) in [5.74, 6) is 0. The van der Waals surface area contributed by atoms with Crippen LogP contribution in [0.1, 0.15) is 30.5 Å². The molecule has 1 N–H and O–H groups in total. The fourth-order valence-electron chi connectivity index (χ4n) is 2.38. The molecule has 5 heteroatoms. The highest BCUT2D eigenvalue weighted by Gasteiger charge is 2.09. The average molecular weight is 245 g/mol. The maximum Gasteiger partial charge on any atom is 0.155 e. The van der Waals surface area contributed by atoms with E-state index in [1.165, 1.54) is 19.3 Å². The zero-order valence-corrected chi connectivity index (χ0v) is 10.8. The van der Waals surface area contributed by atoms with Crippen LogP contribution in [0, 0.1) is 6.92 Å². The Balaban J connectivity index is 1.66. The molecule has 2 aromatic rings. The van der Waals surface area contributed by atoms with Gasteiger partial charge in [0.1, 0.15) is 0 Å². The van der Waals surface area contributed by atoms with E-state index >= 15 is 0 Å². The standard InChI is InChI=1S/C13H19N5/c1-11-7-13-14-8-12(10-18(13)16-11)9-15-17-5-3-2-4-6-17/h7-8,10,15H,2-6,9H2,1H3. The molecule has 1 fully saturated rings. The van der Waals surface area contributed by atoms with Crippen molar-refractivity contribution in [2.24, 2.45) is 0 Å². The predicted molar refractivity (Wildman–Crippen MR) is 70.0 cm³/mol. The van der Waals surface area contributed by atoms with E-state index in [9.17, 15) is 0 Å². The minimum absolute atomic E-state index is 0.821. The number of aryl methyl sites for hydroxylation is 1. The van der Waals surface area contributed by atoms with Crippen LogP contribution in [-0.2, 0) is 6.54 Å². The normalized spacial score (nSPS) is 17.4. The third-order valence-corrected chi connectivity index (χ3v) is 3.35. The van der Waals surface area contributed by atoms with E-state index in [0.717, 1.165) is 36.5 Å². The Morgan fingerprint density at radius 2 is 2.11 bits per heavy atom. The number of nitrogens with zero attached hydrogens (tertiary/aromatic N) is 4. The first-order chi connectivity index (χ1) is 8.81. The fraction of sp³-hybridized carbons (Fsp3) is 0.538. The first-order valence-corrected chi connectivity index (χ1v) is 6.61. The highest BCUT2D eigenvalue weighted by atomic mass is 15.5. The van der Waals surface area contributed by atoms with Crippen LogP contribution >= 0.6 is 0 Å². The van der Waals surface area contributed by atoms with E-state index in [1.807, 2.05) is 29.9 Å². The van der Waals surface area contributed by atoms with Crippen molar-refractivity contribution in [1.29, 1.82) is 0 Å². The molecule has 1 saturated heterocycles. The Kier molecular flexibility index (Phi) is 3.25. The lowest BCUT2D eigenvalue weighted by molar-refractivity contribution is 0.151. The molecule has 3 heterocycles. The minimum atomic E-state index is 0.821. The smallest absolute Gasteiger partial charge is 0.155 e. The van der Waals surface area contributed by atoms with Crippen molar-refractivity contribution in [1.82, 2.24) is 25.0 Å². The molecule has 1 aliphatic heterocycles. The summed E-state index contributed by atoms with van der Waals surface area (Å²) in [6.45, 7) is 5.11. The zero-order chi connectivity index (χ0) is 12.4. The SMILES string of the molecule is Cc1cc2ncc(CNN3CCCCC3)cn2n1. The molecule has 0 spiro atoms. The van der Waals surface area contributed by atoms with E-state index in [-0.39, 0.29) is 0 Å². The number of nitrogens with one attached hydrogen (secondary N) is 1. The van der Waals surface area contributed by atoms with Crippen molar-refractivity contribution in [3.63, 3.8) is 0 Å². The van der Waals surface area contributed by atoms with Crippen molar-refractivity contribution in [3.05, 3.63) is 29.7 Å². The summed E-state index contributed by atoms with van der Waals surface area (Å²) in [7, 11) is 0. The molecule has 0 atom stereocenters. The second-order valence-corrected chi connectivity index (χ2v) is 4.93. The van der Waals surface area contributed by atoms with Gasteiger partial charge >= 0.3 is 0 Å². The second kappa shape index (κ2) is 5.04. The van der Waals surface area contributed by atoms with Gasteiger partial charge in [0, 0.05) is 43.7 Å². The molecule has 0 unspecified atom stereocenters. The highest BCUT2D eigenvalue weighted by Crippen LogP contribution is 2.08. The van der Waals surface area contributed by atoms with Gasteiger partial charge in [-0.05, 0) is 19.8 Å². The third-order valence-electron chi connectivity index (χ3n) is 3.35. The molecule has 5 nitrogen and oxygen atoms in total. The first kappa shape index (κ1) is 11.6. The van der Waals surface area contributed by atoms with E-state index in [2.05, 4.69) is 20.5 Å². The van der Waals surface area contributed by atoms with Crippen molar-refractivity contribution >= 4 is 5.65 Å². The van der Waals surface area contributed by atoms with Gasteiger partial charge in [0.05, 0.1) is 5.69 Å². The van der Waals surface area contributed by atoms with Crippen LogP contribution in [0.2, 0.25) is 0 Å². The number of hydrazine groups is 1. The molecule has 0 bridgehead atoms. The summed E-state index contributed by atoms with van der Waals surface area (Å²) in [6, 6.07) is 1.99. The van der Waals surface area contributed by atoms with Crippen molar-refractivity contribution < 1.29 is 0 Å². The van der Waals surface area contributed by atoms with Crippen molar-refractivity contribution in [3.8, 4) is 0 Å². The summed E-state index contributed by atoms with van der Waals surface area (Å²) in [4.78, 5) is 4.41. The summed E-state index contributed by atoms with van der Waals surface area (Å²) < 4.78 is 1.85. The minimum Gasteiger partial charge on any atom is -0.251 e. The Morgan fingerprint density at radius 3 is 2.94 bits per heavy atom. The number of rotatable bonds is 3. The molecule has 18 heavy (non-hydrogen) atoms. The number of piperidine rings is 1. The van der Waals surface area contributed by atoms with Gasteiger partial charge in [-0.15, -0.1) is 0 Å². The highest BCUT2D eigenvalue weighted by molar-refractivity contribution is 5.38. The van der Waals surface area contributed by atoms with Gasteiger partial charge in [0.25, 0.3) is 0 Å².